The van der Waals surface area contributed by atoms with E-state index < -0.39 is 0 Å². The van der Waals surface area contributed by atoms with E-state index in [9.17, 15) is 9.59 Å². The van der Waals surface area contributed by atoms with Gasteiger partial charge in [-0.3, -0.25) is 9.59 Å². The van der Waals surface area contributed by atoms with Gasteiger partial charge >= 0.3 is 0 Å². The number of hydrogen-bond donors (Lipinski definition) is 0. The van der Waals surface area contributed by atoms with E-state index in [1.165, 1.54) is 0 Å². The lowest BCUT2D eigenvalue weighted by Gasteiger charge is -2.39. The zero-order valence-electron chi connectivity index (χ0n) is 16.4. The fourth-order valence-electron chi connectivity index (χ4n) is 4.58. The molecule has 0 spiro atoms. The minimum Gasteiger partial charge on any atom is -0.332 e. The number of piperidine rings is 2. The van der Waals surface area contributed by atoms with Crippen molar-refractivity contribution in [3.05, 3.63) is 29.6 Å². The average molecular weight is 357 g/mol. The maximum atomic E-state index is 13.0. The molecule has 0 aromatic carbocycles. The minimum absolute atomic E-state index is 0.0564. The Morgan fingerprint density at radius 1 is 0.769 bits per heavy atom. The van der Waals surface area contributed by atoms with Crippen LogP contribution in [0.1, 0.15) is 87.2 Å². The normalized spacial score (nSPS) is 29.5. The maximum Gasteiger partial charge on any atom is 0.272 e. The Labute approximate surface area is 156 Å². The number of carbonyl (C=O) groups is 2. The van der Waals surface area contributed by atoms with Gasteiger partial charge < -0.3 is 9.80 Å². The van der Waals surface area contributed by atoms with Gasteiger partial charge in [-0.25, -0.2) is 4.98 Å². The Balaban J connectivity index is 1.83. The lowest BCUT2D eigenvalue weighted by molar-refractivity contribution is 0.0497. The van der Waals surface area contributed by atoms with E-state index >= 15 is 0 Å². The van der Waals surface area contributed by atoms with Crippen molar-refractivity contribution in [1.82, 2.24) is 14.8 Å². The van der Waals surface area contributed by atoms with Crippen LogP contribution in [0.2, 0.25) is 0 Å². The van der Waals surface area contributed by atoms with Gasteiger partial charge in [-0.15, -0.1) is 0 Å². The first-order chi connectivity index (χ1) is 12.4. The molecule has 2 fully saturated rings. The number of amides is 2. The van der Waals surface area contributed by atoms with Gasteiger partial charge in [-0.2, -0.15) is 0 Å². The standard InChI is InChI=1S/C21H31N3O2/c1-14-8-5-9-15(2)23(14)20(25)18-12-7-13-19(22-18)21(26)24-16(3)10-6-11-17(24)4/h7,12-17H,5-6,8-11H2,1-4H3. The molecule has 0 radical (unpaired) electrons. The number of nitrogens with zero attached hydrogens (tertiary/aromatic N) is 3. The Morgan fingerprint density at radius 3 is 1.46 bits per heavy atom. The van der Waals surface area contributed by atoms with E-state index in [-0.39, 0.29) is 36.0 Å². The summed E-state index contributed by atoms with van der Waals surface area (Å²) in [6.07, 6.45) is 6.41. The van der Waals surface area contributed by atoms with E-state index in [2.05, 4.69) is 32.7 Å². The Bertz CT molecular complexity index is 602. The number of pyridine rings is 1. The van der Waals surface area contributed by atoms with Crippen LogP contribution in [-0.4, -0.2) is 50.8 Å². The highest BCUT2D eigenvalue weighted by Crippen LogP contribution is 2.26. The summed E-state index contributed by atoms with van der Waals surface area (Å²) in [6, 6.07) is 6.12. The molecule has 5 nitrogen and oxygen atoms in total. The second kappa shape index (κ2) is 7.77. The minimum atomic E-state index is -0.0564. The molecular formula is C21H31N3O2. The molecule has 2 aliphatic heterocycles. The molecule has 142 valence electrons. The highest BCUT2D eigenvalue weighted by atomic mass is 16.2. The highest BCUT2D eigenvalue weighted by Gasteiger charge is 2.33. The van der Waals surface area contributed by atoms with Crippen molar-refractivity contribution >= 4 is 11.8 Å². The molecule has 3 heterocycles. The van der Waals surface area contributed by atoms with Gasteiger partial charge in [-0.05, 0) is 78.4 Å². The molecular weight excluding hydrogens is 326 g/mol. The van der Waals surface area contributed by atoms with Gasteiger partial charge in [0.15, 0.2) is 0 Å². The van der Waals surface area contributed by atoms with Crippen molar-refractivity contribution in [2.75, 3.05) is 0 Å². The molecule has 2 amide bonds. The molecule has 0 N–H and O–H groups in total. The summed E-state index contributed by atoms with van der Waals surface area (Å²) < 4.78 is 0. The predicted molar refractivity (Wildman–Crippen MR) is 102 cm³/mol. The summed E-state index contributed by atoms with van der Waals surface area (Å²) in [4.78, 5) is 34.4. The molecule has 0 bridgehead atoms. The topological polar surface area (TPSA) is 53.5 Å². The maximum absolute atomic E-state index is 13.0. The van der Waals surface area contributed by atoms with Crippen molar-refractivity contribution in [3.63, 3.8) is 0 Å². The third-order valence-electron chi connectivity index (χ3n) is 6.04. The van der Waals surface area contributed by atoms with Gasteiger partial charge in [0.25, 0.3) is 11.8 Å². The van der Waals surface area contributed by atoms with E-state index in [0.29, 0.717) is 11.4 Å². The van der Waals surface area contributed by atoms with Crippen molar-refractivity contribution in [3.8, 4) is 0 Å². The SMILES string of the molecule is CC1CCCC(C)N1C(=O)c1cccc(C(=O)N2C(C)CCCC2C)n1. The van der Waals surface area contributed by atoms with Crippen molar-refractivity contribution in [2.45, 2.75) is 90.4 Å². The molecule has 4 atom stereocenters. The molecule has 4 unspecified atom stereocenters. The first kappa shape index (κ1) is 18.9. The van der Waals surface area contributed by atoms with E-state index in [1.807, 2.05) is 9.80 Å². The van der Waals surface area contributed by atoms with Crippen LogP contribution in [0.15, 0.2) is 18.2 Å². The fraction of sp³-hybridized carbons (Fsp3) is 0.667. The third kappa shape index (κ3) is 3.62. The summed E-state index contributed by atoms with van der Waals surface area (Å²) in [5.74, 6) is -0.113. The first-order valence-corrected chi connectivity index (χ1v) is 10.0. The van der Waals surface area contributed by atoms with E-state index in [0.717, 1.165) is 38.5 Å². The number of hydrogen-bond acceptors (Lipinski definition) is 3. The van der Waals surface area contributed by atoms with Crippen molar-refractivity contribution < 1.29 is 9.59 Å². The van der Waals surface area contributed by atoms with Crippen molar-refractivity contribution in [1.29, 1.82) is 0 Å². The number of aromatic nitrogens is 1. The Kier molecular flexibility index (Phi) is 5.64. The van der Waals surface area contributed by atoms with Crippen LogP contribution in [0.4, 0.5) is 0 Å². The molecule has 26 heavy (non-hydrogen) atoms. The van der Waals surface area contributed by atoms with E-state index in [4.69, 9.17) is 0 Å². The molecule has 0 saturated carbocycles. The Morgan fingerprint density at radius 2 is 1.12 bits per heavy atom. The lowest BCUT2D eigenvalue weighted by Crippen LogP contribution is -2.48. The van der Waals surface area contributed by atoms with Gasteiger partial charge in [0.1, 0.15) is 11.4 Å². The monoisotopic (exact) mass is 357 g/mol. The van der Waals surface area contributed by atoms with Crippen molar-refractivity contribution in [2.24, 2.45) is 0 Å². The van der Waals surface area contributed by atoms with Crippen LogP contribution in [-0.2, 0) is 0 Å². The van der Waals surface area contributed by atoms with Crippen LogP contribution in [0, 0.1) is 0 Å². The zero-order valence-corrected chi connectivity index (χ0v) is 16.4. The van der Waals surface area contributed by atoms with Gasteiger partial charge in [0.05, 0.1) is 0 Å². The molecule has 3 rings (SSSR count). The predicted octanol–water partition coefficient (Wildman–Crippen LogP) is 3.89. The summed E-state index contributed by atoms with van der Waals surface area (Å²) in [5, 5.41) is 0. The molecule has 2 saturated heterocycles. The third-order valence-corrected chi connectivity index (χ3v) is 6.04. The molecule has 5 heteroatoms. The highest BCUT2D eigenvalue weighted by molar-refractivity contribution is 5.96. The lowest BCUT2D eigenvalue weighted by atomic mass is 9.96. The van der Waals surface area contributed by atoms with Crippen LogP contribution in [0.5, 0.6) is 0 Å². The summed E-state index contributed by atoms with van der Waals surface area (Å²) in [7, 11) is 0. The second-order valence-corrected chi connectivity index (χ2v) is 8.09. The molecule has 1 aromatic rings. The molecule has 0 aliphatic carbocycles. The van der Waals surface area contributed by atoms with Gasteiger partial charge in [-0.1, -0.05) is 6.07 Å². The summed E-state index contributed by atoms with van der Waals surface area (Å²) >= 11 is 0. The zero-order chi connectivity index (χ0) is 18.8. The number of likely N-dealkylation sites (tertiary alicyclic amines) is 2. The van der Waals surface area contributed by atoms with Crippen LogP contribution in [0.3, 0.4) is 0 Å². The van der Waals surface area contributed by atoms with Crippen LogP contribution in [0.25, 0.3) is 0 Å². The average Bonchev–Trinajstić information content (AvgIpc) is 2.61. The largest absolute Gasteiger partial charge is 0.332 e. The van der Waals surface area contributed by atoms with E-state index in [1.54, 1.807) is 18.2 Å². The van der Waals surface area contributed by atoms with Crippen LogP contribution < -0.4 is 0 Å². The summed E-state index contributed by atoms with van der Waals surface area (Å²) in [6.45, 7) is 8.39. The van der Waals surface area contributed by atoms with Gasteiger partial charge in [0, 0.05) is 24.2 Å². The molecule has 2 aliphatic rings. The molecule has 1 aromatic heterocycles. The second-order valence-electron chi connectivity index (χ2n) is 8.09. The van der Waals surface area contributed by atoms with Crippen LogP contribution >= 0.6 is 0 Å². The Hall–Kier alpha value is -1.91. The smallest absolute Gasteiger partial charge is 0.272 e. The fourth-order valence-corrected chi connectivity index (χ4v) is 4.58. The first-order valence-electron chi connectivity index (χ1n) is 10.0. The quantitative estimate of drug-likeness (QED) is 0.807. The summed E-state index contributed by atoms with van der Waals surface area (Å²) in [5.41, 5.74) is 0.766. The number of rotatable bonds is 2. The van der Waals surface area contributed by atoms with Gasteiger partial charge in [0.2, 0.25) is 0 Å². The number of carbonyl (C=O) groups excluding carboxylic acids is 2.